The summed E-state index contributed by atoms with van der Waals surface area (Å²) in [5, 5.41) is 3.11. The second-order valence-corrected chi connectivity index (χ2v) is 9.66. The number of hydrogen-bond donors (Lipinski definition) is 1. The average molecular weight is 377 g/mol. The van der Waals surface area contributed by atoms with Crippen molar-refractivity contribution in [2.45, 2.75) is 10.8 Å². The maximum atomic E-state index is 12.6. The van der Waals surface area contributed by atoms with Gasteiger partial charge in [0, 0.05) is 29.7 Å². The van der Waals surface area contributed by atoms with Crippen molar-refractivity contribution in [3.05, 3.63) is 53.5 Å². The van der Waals surface area contributed by atoms with Gasteiger partial charge >= 0.3 is 0 Å². The minimum absolute atomic E-state index is 0.449. The van der Waals surface area contributed by atoms with Crippen LogP contribution in [0.3, 0.4) is 0 Å². The molecule has 132 valence electrons. The summed E-state index contributed by atoms with van der Waals surface area (Å²) in [6.45, 7) is 3.79. The molecule has 0 amide bonds. The first-order valence-corrected chi connectivity index (χ1v) is 10.8. The monoisotopic (exact) mass is 376 g/mol. The number of sulfonamides is 1. The van der Waals surface area contributed by atoms with Crippen molar-refractivity contribution in [1.29, 1.82) is 0 Å². The van der Waals surface area contributed by atoms with E-state index in [1.54, 1.807) is 16.4 Å². The number of aromatic nitrogens is 1. The molecule has 1 fully saturated rings. The number of nitrogens with zero attached hydrogens (tertiary/aromatic N) is 2. The molecule has 0 spiro atoms. The molecular formula is C18H22N3O2S2+. The number of benzene rings is 1. The summed E-state index contributed by atoms with van der Waals surface area (Å²) in [5.41, 5.74) is 2.58. The molecule has 2 aromatic heterocycles. The summed E-state index contributed by atoms with van der Waals surface area (Å²) < 4.78 is 29.5. The Morgan fingerprint density at radius 1 is 1.12 bits per heavy atom. The van der Waals surface area contributed by atoms with Gasteiger partial charge in [-0.3, -0.25) is 0 Å². The molecule has 1 saturated heterocycles. The fourth-order valence-electron chi connectivity index (χ4n) is 3.59. The number of para-hydroxylation sites is 1. The van der Waals surface area contributed by atoms with Gasteiger partial charge < -0.3 is 9.47 Å². The largest absolute Gasteiger partial charge is 0.350 e. The lowest BCUT2D eigenvalue weighted by molar-refractivity contribution is -0.917. The molecule has 7 heteroatoms. The molecule has 1 aliphatic heterocycles. The summed E-state index contributed by atoms with van der Waals surface area (Å²) in [5.74, 6) is 0. The van der Waals surface area contributed by atoms with Gasteiger partial charge in [0.15, 0.2) is 0 Å². The van der Waals surface area contributed by atoms with Crippen molar-refractivity contribution in [2.24, 2.45) is 7.05 Å². The van der Waals surface area contributed by atoms with Crippen molar-refractivity contribution < 1.29 is 13.3 Å². The predicted octanol–water partition coefficient (Wildman–Crippen LogP) is 1.33. The molecule has 0 radical (unpaired) electrons. The Balaban J connectivity index is 1.46. The van der Waals surface area contributed by atoms with Crippen molar-refractivity contribution in [3.8, 4) is 0 Å². The topological polar surface area (TPSA) is 46.8 Å². The number of fused-ring (bicyclic) bond motifs is 1. The van der Waals surface area contributed by atoms with E-state index < -0.39 is 10.0 Å². The van der Waals surface area contributed by atoms with Gasteiger partial charge in [0.05, 0.1) is 26.2 Å². The van der Waals surface area contributed by atoms with Crippen LogP contribution < -0.4 is 4.90 Å². The maximum Gasteiger partial charge on any atom is 0.252 e. The molecule has 1 N–H and O–H groups in total. The van der Waals surface area contributed by atoms with Gasteiger partial charge in [0.25, 0.3) is 10.0 Å². The van der Waals surface area contributed by atoms with Gasteiger partial charge in [-0.05, 0) is 17.5 Å². The number of nitrogens with one attached hydrogen (secondary N) is 1. The molecular weight excluding hydrogens is 354 g/mol. The summed E-state index contributed by atoms with van der Waals surface area (Å²) in [6, 6.07) is 11.9. The van der Waals surface area contributed by atoms with Crippen molar-refractivity contribution in [2.75, 3.05) is 26.2 Å². The van der Waals surface area contributed by atoms with Crippen LogP contribution in [0.1, 0.15) is 5.56 Å². The molecule has 0 saturated carbocycles. The first kappa shape index (κ1) is 16.8. The zero-order chi connectivity index (χ0) is 17.4. The highest BCUT2D eigenvalue weighted by molar-refractivity contribution is 7.91. The molecule has 0 aliphatic carbocycles. The van der Waals surface area contributed by atoms with Crippen molar-refractivity contribution >= 4 is 32.3 Å². The van der Waals surface area contributed by atoms with Gasteiger partial charge in [-0.15, -0.1) is 11.3 Å². The summed E-state index contributed by atoms with van der Waals surface area (Å²) in [4.78, 5) is 1.44. The van der Waals surface area contributed by atoms with Gasteiger partial charge in [-0.1, -0.05) is 24.3 Å². The number of quaternary nitrogens is 1. The summed E-state index contributed by atoms with van der Waals surface area (Å²) in [6.07, 6.45) is 2.20. The van der Waals surface area contributed by atoms with Crippen LogP contribution in [0.5, 0.6) is 0 Å². The van der Waals surface area contributed by atoms with Gasteiger partial charge in [0.2, 0.25) is 0 Å². The van der Waals surface area contributed by atoms with E-state index in [0.717, 1.165) is 19.6 Å². The zero-order valence-electron chi connectivity index (χ0n) is 14.2. The number of thiophene rings is 1. The number of aryl methyl sites for hydroxylation is 1. The Morgan fingerprint density at radius 3 is 2.60 bits per heavy atom. The number of rotatable bonds is 4. The summed E-state index contributed by atoms with van der Waals surface area (Å²) in [7, 11) is -1.24. The fraction of sp³-hybridized carbons (Fsp3) is 0.333. The van der Waals surface area contributed by atoms with E-state index in [1.165, 1.54) is 32.7 Å². The van der Waals surface area contributed by atoms with E-state index in [1.807, 2.05) is 5.38 Å². The third-order valence-electron chi connectivity index (χ3n) is 4.94. The predicted molar refractivity (Wildman–Crippen MR) is 100 cm³/mol. The first-order chi connectivity index (χ1) is 12.1. The van der Waals surface area contributed by atoms with E-state index >= 15 is 0 Å². The van der Waals surface area contributed by atoms with E-state index in [4.69, 9.17) is 0 Å². The van der Waals surface area contributed by atoms with E-state index in [-0.39, 0.29) is 0 Å². The second-order valence-electron chi connectivity index (χ2n) is 6.55. The number of hydrogen-bond acceptors (Lipinski definition) is 3. The highest BCUT2D eigenvalue weighted by Crippen LogP contribution is 2.21. The SMILES string of the molecule is Cn1cc(C[NH+]2CCN(S(=O)(=O)c3cccs3)CC2)c2ccccc21. The normalized spacial score (nSPS) is 17.3. The Hall–Kier alpha value is -1.67. The molecule has 3 heterocycles. The van der Waals surface area contributed by atoms with Gasteiger partial charge in [0.1, 0.15) is 10.8 Å². The highest BCUT2D eigenvalue weighted by Gasteiger charge is 2.31. The van der Waals surface area contributed by atoms with Gasteiger partial charge in [-0.25, -0.2) is 8.42 Å². The van der Waals surface area contributed by atoms with Crippen LogP contribution >= 0.6 is 11.3 Å². The van der Waals surface area contributed by atoms with E-state index in [2.05, 4.69) is 42.1 Å². The van der Waals surface area contributed by atoms with E-state index in [9.17, 15) is 8.42 Å². The van der Waals surface area contributed by atoms with Gasteiger partial charge in [-0.2, -0.15) is 4.31 Å². The second kappa shape index (κ2) is 6.57. The molecule has 1 aliphatic rings. The molecule has 0 unspecified atom stereocenters. The molecule has 5 nitrogen and oxygen atoms in total. The Kier molecular flexibility index (Phi) is 4.41. The van der Waals surface area contributed by atoms with Crippen LogP contribution in [-0.4, -0.2) is 43.5 Å². The summed E-state index contributed by atoms with van der Waals surface area (Å²) >= 11 is 1.29. The lowest BCUT2D eigenvalue weighted by Crippen LogP contribution is -3.13. The Bertz CT molecular complexity index is 969. The van der Waals surface area contributed by atoms with Crippen LogP contribution in [-0.2, 0) is 23.6 Å². The minimum atomic E-state index is -3.31. The minimum Gasteiger partial charge on any atom is -0.350 e. The molecule has 4 rings (SSSR count). The Morgan fingerprint density at radius 2 is 1.88 bits per heavy atom. The van der Waals surface area contributed by atoms with E-state index in [0.29, 0.717) is 17.3 Å². The Labute approximate surface area is 152 Å². The lowest BCUT2D eigenvalue weighted by Gasteiger charge is -2.31. The van der Waals surface area contributed by atoms with Crippen LogP contribution in [0.4, 0.5) is 0 Å². The molecule has 0 atom stereocenters. The van der Waals surface area contributed by atoms with Crippen LogP contribution in [0.25, 0.3) is 10.9 Å². The first-order valence-electron chi connectivity index (χ1n) is 8.46. The standard InChI is InChI=1S/C18H21N3O2S2/c1-19-13-15(16-5-2-3-6-17(16)19)14-20-8-10-21(11-9-20)25(22,23)18-7-4-12-24-18/h2-7,12-13H,8-11,14H2,1H3/p+1. The van der Waals surface area contributed by atoms with Crippen molar-refractivity contribution in [3.63, 3.8) is 0 Å². The third-order valence-corrected chi connectivity index (χ3v) is 8.21. The molecule has 3 aromatic rings. The van der Waals surface area contributed by atoms with Crippen LogP contribution in [0.15, 0.2) is 52.2 Å². The molecule has 0 bridgehead atoms. The smallest absolute Gasteiger partial charge is 0.252 e. The number of piperazine rings is 1. The molecule has 25 heavy (non-hydrogen) atoms. The highest BCUT2D eigenvalue weighted by atomic mass is 32.2. The molecule has 1 aromatic carbocycles. The third kappa shape index (κ3) is 3.13. The van der Waals surface area contributed by atoms with Crippen LogP contribution in [0.2, 0.25) is 0 Å². The van der Waals surface area contributed by atoms with Crippen LogP contribution in [0, 0.1) is 0 Å². The average Bonchev–Trinajstić information content (AvgIpc) is 3.26. The maximum absolute atomic E-state index is 12.6. The van der Waals surface area contributed by atoms with Crippen molar-refractivity contribution in [1.82, 2.24) is 8.87 Å². The zero-order valence-corrected chi connectivity index (χ0v) is 15.8. The lowest BCUT2D eigenvalue weighted by atomic mass is 10.1. The fourth-order valence-corrected chi connectivity index (χ4v) is 6.18. The quantitative estimate of drug-likeness (QED) is 0.747.